The molecule has 1 aromatic carbocycles. The standard InChI is InChI=1S/C23H31N3O2S/c1-26(20-6-3-2-4-7-20)21-11-9-18(10-12-21)16-25-22(27)8-5-14-24-23(28)19-13-15-29-17-19/h9-13,15,17,20H,2-8,14,16H2,1H3,(H,24,28)(H,25,27). The van der Waals surface area contributed by atoms with Gasteiger partial charge in [0.25, 0.3) is 5.91 Å². The molecule has 1 heterocycles. The molecule has 0 radical (unpaired) electrons. The van der Waals surface area contributed by atoms with Gasteiger partial charge in [-0.3, -0.25) is 9.59 Å². The van der Waals surface area contributed by atoms with Crippen molar-refractivity contribution in [2.75, 3.05) is 18.5 Å². The summed E-state index contributed by atoms with van der Waals surface area (Å²) in [5, 5.41) is 9.50. The summed E-state index contributed by atoms with van der Waals surface area (Å²) in [7, 11) is 2.18. The highest BCUT2D eigenvalue weighted by atomic mass is 32.1. The summed E-state index contributed by atoms with van der Waals surface area (Å²) in [6, 6.07) is 10.9. The van der Waals surface area contributed by atoms with Crippen LogP contribution in [0.5, 0.6) is 0 Å². The van der Waals surface area contributed by atoms with Crippen molar-refractivity contribution in [3.8, 4) is 0 Å². The molecule has 0 saturated heterocycles. The van der Waals surface area contributed by atoms with E-state index in [4.69, 9.17) is 0 Å². The fourth-order valence-electron chi connectivity index (χ4n) is 3.76. The van der Waals surface area contributed by atoms with E-state index in [-0.39, 0.29) is 11.8 Å². The average Bonchev–Trinajstić information content (AvgIpc) is 3.31. The minimum absolute atomic E-state index is 0.0122. The largest absolute Gasteiger partial charge is 0.372 e. The van der Waals surface area contributed by atoms with E-state index in [9.17, 15) is 9.59 Å². The monoisotopic (exact) mass is 413 g/mol. The molecule has 1 saturated carbocycles. The van der Waals surface area contributed by atoms with Crippen LogP contribution in [0.3, 0.4) is 0 Å². The number of benzene rings is 1. The zero-order chi connectivity index (χ0) is 20.5. The first kappa shape index (κ1) is 21.4. The molecule has 0 spiro atoms. The summed E-state index contributed by atoms with van der Waals surface area (Å²) in [6.45, 7) is 1.04. The number of carbonyl (C=O) groups is 2. The fraction of sp³-hybridized carbons (Fsp3) is 0.478. The molecule has 0 unspecified atom stereocenters. The number of hydrogen-bond donors (Lipinski definition) is 2. The van der Waals surface area contributed by atoms with Gasteiger partial charge in [0, 0.05) is 49.2 Å². The first-order valence-electron chi connectivity index (χ1n) is 10.5. The lowest BCUT2D eigenvalue weighted by molar-refractivity contribution is -0.121. The van der Waals surface area contributed by atoms with Crippen LogP contribution in [-0.4, -0.2) is 31.4 Å². The minimum Gasteiger partial charge on any atom is -0.372 e. The summed E-state index contributed by atoms with van der Waals surface area (Å²) in [6.07, 6.45) is 7.63. The van der Waals surface area contributed by atoms with E-state index in [2.05, 4.69) is 46.8 Å². The number of anilines is 1. The lowest BCUT2D eigenvalue weighted by Crippen LogP contribution is -2.33. The van der Waals surface area contributed by atoms with Crippen molar-refractivity contribution >= 4 is 28.8 Å². The van der Waals surface area contributed by atoms with Crippen LogP contribution in [0, 0.1) is 0 Å². The van der Waals surface area contributed by atoms with E-state index in [1.54, 1.807) is 6.07 Å². The number of amides is 2. The van der Waals surface area contributed by atoms with Crippen molar-refractivity contribution in [2.24, 2.45) is 0 Å². The highest BCUT2D eigenvalue weighted by Crippen LogP contribution is 2.26. The lowest BCUT2D eigenvalue weighted by Gasteiger charge is -2.33. The number of nitrogens with one attached hydrogen (secondary N) is 2. The molecule has 2 amide bonds. The van der Waals surface area contributed by atoms with Gasteiger partial charge in [-0.15, -0.1) is 0 Å². The molecule has 1 aromatic heterocycles. The van der Waals surface area contributed by atoms with Crippen molar-refractivity contribution in [2.45, 2.75) is 57.5 Å². The van der Waals surface area contributed by atoms with E-state index in [1.807, 2.05) is 10.8 Å². The third-order valence-corrected chi connectivity index (χ3v) is 6.29. The van der Waals surface area contributed by atoms with Gasteiger partial charge in [0.15, 0.2) is 0 Å². The first-order chi connectivity index (χ1) is 14.1. The Morgan fingerprint density at radius 2 is 1.83 bits per heavy atom. The molecule has 5 nitrogen and oxygen atoms in total. The molecule has 0 atom stereocenters. The summed E-state index contributed by atoms with van der Waals surface area (Å²) in [4.78, 5) is 26.3. The summed E-state index contributed by atoms with van der Waals surface area (Å²) < 4.78 is 0. The Kier molecular flexibility index (Phi) is 8.11. The van der Waals surface area contributed by atoms with Gasteiger partial charge < -0.3 is 15.5 Å². The lowest BCUT2D eigenvalue weighted by atomic mass is 9.94. The Morgan fingerprint density at radius 3 is 2.52 bits per heavy atom. The first-order valence-corrected chi connectivity index (χ1v) is 11.5. The molecule has 6 heteroatoms. The molecular weight excluding hydrogens is 382 g/mol. The average molecular weight is 414 g/mol. The molecule has 1 fully saturated rings. The van der Waals surface area contributed by atoms with E-state index < -0.39 is 0 Å². The number of carbonyl (C=O) groups excluding carboxylic acids is 2. The SMILES string of the molecule is CN(c1ccc(CNC(=O)CCCNC(=O)c2ccsc2)cc1)C1CCCCC1. The third kappa shape index (κ3) is 6.60. The quantitative estimate of drug-likeness (QED) is 0.601. The van der Waals surface area contributed by atoms with Crippen LogP contribution in [0.1, 0.15) is 60.9 Å². The second-order valence-electron chi connectivity index (χ2n) is 7.72. The zero-order valence-corrected chi connectivity index (χ0v) is 18.0. The van der Waals surface area contributed by atoms with Crippen molar-refractivity contribution in [1.29, 1.82) is 0 Å². The normalized spacial score (nSPS) is 14.4. The highest BCUT2D eigenvalue weighted by Gasteiger charge is 2.18. The maximum absolute atomic E-state index is 12.0. The van der Waals surface area contributed by atoms with Crippen LogP contribution < -0.4 is 15.5 Å². The summed E-state index contributed by atoms with van der Waals surface area (Å²) >= 11 is 1.50. The Morgan fingerprint density at radius 1 is 1.07 bits per heavy atom. The van der Waals surface area contributed by atoms with Gasteiger partial charge in [-0.2, -0.15) is 11.3 Å². The van der Waals surface area contributed by atoms with Crippen molar-refractivity contribution < 1.29 is 9.59 Å². The Bertz CT molecular complexity index is 768. The molecule has 2 aromatic rings. The molecule has 156 valence electrons. The molecule has 1 aliphatic carbocycles. The maximum atomic E-state index is 12.0. The summed E-state index contributed by atoms with van der Waals surface area (Å²) in [5.41, 5.74) is 3.02. The van der Waals surface area contributed by atoms with Gasteiger partial charge in [0.05, 0.1) is 0 Å². The minimum atomic E-state index is -0.0788. The van der Waals surface area contributed by atoms with Crippen LogP contribution in [0.2, 0.25) is 0 Å². The molecule has 1 aliphatic rings. The second kappa shape index (κ2) is 11.0. The Hall–Kier alpha value is -2.34. The maximum Gasteiger partial charge on any atom is 0.252 e. The number of hydrogen-bond acceptors (Lipinski definition) is 4. The molecule has 2 N–H and O–H groups in total. The zero-order valence-electron chi connectivity index (χ0n) is 17.2. The van der Waals surface area contributed by atoms with Gasteiger partial charge in [-0.05, 0) is 48.4 Å². The number of thiophene rings is 1. The van der Waals surface area contributed by atoms with Crippen LogP contribution in [0.4, 0.5) is 5.69 Å². The van der Waals surface area contributed by atoms with Gasteiger partial charge in [-0.25, -0.2) is 0 Å². The van der Waals surface area contributed by atoms with E-state index in [1.165, 1.54) is 49.1 Å². The molecular formula is C23H31N3O2S. The van der Waals surface area contributed by atoms with Gasteiger partial charge in [-0.1, -0.05) is 31.4 Å². The van der Waals surface area contributed by atoms with Crippen LogP contribution >= 0.6 is 11.3 Å². The number of nitrogens with zero attached hydrogens (tertiary/aromatic N) is 1. The highest BCUT2D eigenvalue weighted by molar-refractivity contribution is 7.08. The topological polar surface area (TPSA) is 61.4 Å². The smallest absolute Gasteiger partial charge is 0.252 e. The van der Waals surface area contributed by atoms with Crippen LogP contribution in [0.15, 0.2) is 41.1 Å². The number of rotatable bonds is 9. The predicted octanol–water partition coefficient (Wildman–Crippen LogP) is 4.34. The molecule has 29 heavy (non-hydrogen) atoms. The van der Waals surface area contributed by atoms with Crippen molar-refractivity contribution in [3.05, 3.63) is 52.2 Å². The van der Waals surface area contributed by atoms with E-state index in [0.29, 0.717) is 37.5 Å². The van der Waals surface area contributed by atoms with Crippen LogP contribution in [-0.2, 0) is 11.3 Å². The Labute approximate surface area is 177 Å². The molecule has 3 rings (SSSR count). The van der Waals surface area contributed by atoms with Crippen molar-refractivity contribution in [3.63, 3.8) is 0 Å². The third-order valence-electron chi connectivity index (χ3n) is 5.61. The van der Waals surface area contributed by atoms with E-state index in [0.717, 1.165) is 5.56 Å². The van der Waals surface area contributed by atoms with Gasteiger partial charge in [0.1, 0.15) is 0 Å². The van der Waals surface area contributed by atoms with Crippen LogP contribution in [0.25, 0.3) is 0 Å². The predicted molar refractivity (Wildman–Crippen MR) is 119 cm³/mol. The second-order valence-corrected chi connectivity index (χ2v) is 8.50. The van der Waals surface area contributed by atoms with Gasteiger partial charge >= 0.3 is 0 Å². The van der Waals surface area contributed by atoms with E-state index >= 15 is 0 Å². The molecule has 0 bridgehead atoms. The van der Waals surface area contributed by atoms with Gasteiger partial charge in [0.2, 0.25) is 5.91 Å². The van der Waals surface area contributed by atoms with Crippen molar-refractivity contribution in [1.82, 2.24) is 10.6 Å². The fourth-order valence-corrected chi connectivity index (χ4v) is 4.40. The Balaban J connectivity index is 1.34. The molecule has 0 aliphatic heterocycles. The summed E-state index contributed by atoms with van der Waals surface area (Å²) in [5.74, 6) is -0.0666.